The van der Waals surface area contributed by atoms with E-state index in [9.17, 15) is 4.79 Å². The summed E-state index contributed by atoms with van der Waals surface area (Å²) in [5.74, 6) is 0.251. The van der Waals surface area contributed by atoms with Gasteiger partial charge in [0.05, 0.1) is 0 Å². The van der Waals surface area contributed by atoms with Gasteiger partial charge in [0.1, 0.15) is 0 Å². The average molecular weight is 374 g/mol. The highest BCUT2D eigenvalue weighted by Crippen LogP contribution is 2.12. The van der Waals surface area contributed by atoms with Crippen molar-refractivity contribution in [2.75, 3.05) is 18.5 Å². The second kappa shape index (κ2) is 12.6. The number of carbonyl (C=O) groups excluding carboxylic acids is 1. The number of anilines is 1. The Hall–Kier alpha value is -2.70. The van der Waals surface area contributed by atoms with Gasteiger partial charge in [-0.25, -0.2) is 10.3 Å². The van der Waals surface area contributed by atoms with E-state index in [1.807, 2.05) is 6.19 Å². The second-order valence-corrected chi connectivity index (χ2v) is 6.08. The summed E-state index contributed by atoms with van der Waals surface area (Å²) in [6.07, 6.45) is 10.6. The third-order valence-corrected chi connectivity index (χ3v) is 3.89. The fourth-order valence-corrected chi connectivity index (χ4v) is 2.49. The number of pyridine rings is 1. The Kier molecular flexibility index (Phi) is 9.63. The summed E-state index contributed by atoms with van der Waals surface area (Å²) in [7, 11) is 0. The van der Waals surface area contributed by atoms with Crippen molar-refractivity contribution in [1.29, 1.82) is 5.26 Å². The number of unbranched alkanes of at least 4 members (excludes halogenated alkanes) is 2. The molecule has 0 bridgehead atoms. The number of carbonyl (C=O) groups is 1. The number of hydroxylamine groups is 1. The van der Waals surface area contributed by atoms with Crippen LogP contribution in [-0.2, 0) is 14.4 Å². The molecule has 1 saturated heterocycles. The molecule has 0 saturated carbocycles. The van der Waals surface area contributed by atoms with Crippen molar-refractivity contribution < 1.29 is 14.4 Å². The van der Waals surface area contributed by atoms with Gasteiger partial charge in [-0.1, -0.05) is 6.42 Å². The topological polar surface area (TPSA) is 121 Å². The van der Waals surface area contributed by atoms with E-state index in [1.54, 1.807) is 24.5 Å². The van der Waals surface area contributed by atoms with E-state index in [0.717, 1.165) is 44.2 Å². The maximum atomic E-state index is 11.7. The fraction of sp³-hybridized carbons (Fsp3) is 0.556. The van der Waals surface area contributed by atoms with Crippen LogP contribution in [0.1, 0.15) is 44.9 Å². The Morgan fingerprint density at radius 1 is 1.33 bits per heavy atom. The molecule has 1 atom stereocenters. The molecule has 2 heterocycles. The van der Waals surface area contributed by atoms with Gasteiger partial charge in [-0.15, -0.1) is 0 Å². The molecule has 1 aromatic heterocycles. The normalized spacial score (nSPS) is 17.0. The van der Waals surface area contributed by atoms with Crippen LogP contribution in [0, 0.1) is 11.5 Å². The Labute approximate surface area is 159 Å². The minimum absolute atomic E-state index is 0.140. The van der Waals surface area contributed by atoms with Crippen molar-refractivity contribution in [1.82, 2.24) is 15.8 Å². The van der Waals surface area contributed by atoms with Crippen molar-refractivity contribution in [3.8, 4) is 6.19 Å². The number of amides is 1. The molecule has 1 amide bonds. The number of rotatable bonds is 9. The lowest BCUT2D eigenvalue weighted by Crippen LogP contribution is -2.32. The van der Waals surface area contributed by atoms with Gasteiger partial charge in [-0.05, 0) is 37.8 Å². The lowest BCUT2D eigenvalue weighted by molar-refractivity contribution is -0.200. The molecule has 1 aliphatic heterocycles. The lowest BCUT2D eigenvalue weighted by Gasteiger charge is -2.22. The number of nitriles is 1. The third-order valence-electron chi connectivity index (χ3n) is 3.89. The minimum Gasteiger partial charge on any atom is -0.350 e. The molecule has 146 valence electrons. The zero-order valence-corrected chi connectivity index (χ0v) is 15.3. The molecule has 0 spiro atoms. The standard InChI is InChI=1S/C18H26N6O3/c19-14-22-18(23-15-8-11-20-12-9-15)21-10-4-1-2-6-16(25)24-27-17-7-3-5-13-26-17/h8-9,11-12,17H,1-7,10,13H2,(H,24,25)(H2,20,21,22,23). The molecule has 0 aliphatic carbocycles. The Morgan fingerprint density at radius 3 is 2.93 bits per heavy atom. The first kappa shape index (κ1) is 20.6. The molecule has 2 rings (SSSR count). The van der Waals surface area contributed by atoms with Crippen LogP contribution < -0.4 is 16.1 Å². The molecular weight excluding hydrogens is 348 g/mol. The van der Waals surface area contributed by atoms with Crippen LogP contribution in [-0.4, -0.2) is 36.3 Å². The number of aliphatic imine (C=N–C) groups is 1. The van der Waals surface area contributed by atoms with Gasteiger partial charge in [-0.2, -0.15) is 5.26 Å². The molecule has 3 N–H and O–H groups in total. The Morgan fingerprint density at radius 2 is 2.19 bits per heavy atom. The Bertz CT molecular complexity index is 626. The smallest absolute Gasteiger partial charge is 0.243 e. The number of hydrogen-bond donors (Lipinski definition) is 3. The predicted octanol–water partition coefficient (Wildman–Crippen LogP) is 2.05. The highest BCUT2D eigenvalue weighted by atomic mass is 16.8. The molecular formula is C18H26N6O3. The molecule has 27 heavy (non-hydrogen) atoms. The van der Waals surface area contributed by atoms with Gasteiger partial charge < -0.3 is 10.1 Å². The van der Waals surface area contributed by atoms with Crippen LogP contribution in [0.5, 0.6) is 0 Å². The zero-order chi connectivity index (χ0) is 19.2. The van der Waals surface area contributed by atoms with Crippen LogP contribution >= 0.6 is 0 Å². The van der Waals surface area contributed by atoms with Crippen molar-refractivity contribution in [2.24, 2.45) is 4.99 Å². The van der Waals surface area contributed by atoms with Crippen molar-refractivity contribution >= 4 is 17.6 Å². The maximum absolute atomic E-state index is 11.7. The van der Waals surface area contributed by atoms with E-state index in [1.165, 1.54) is 0 Å². The lowest BCUT2D eigenvalue weighted by atomic mass is 10.2. The number of aromatic nitrogens is 1. The van der Waals surface area contributed by atoms with E-state index in [4.69, 9.17) is 14.8 Å². The summed E-state index contributed by atoms with van der Waals surface area (Å²) >= 11 is 0. The molecule has 1 aromatic rings. The monoisotopic (exact) mass is 374 g/mol. The first-order valence-electron chi connectivity index (χ1n) is 9.20. The van der Waals surface area contributed by atoms with Crippen molar-refractivity contribution in [2.45, 2.75) is 51.2 Å². The second-order valence-electron chi connectivity index (χ2n) is 6.08. The van der Waals surface area contributed by atoms with Crippen LogP contribution in [0.2, 0.25) is 0 Å². The summed E-state index contributed by atoms with van der Waals surface area (Å²) in [4.78, 5) is 25.2. The molecule has 9 heteroatoms. The number of ether oxygens (including phenoxy) is 1. The van der Waals surface area contributed by atoms with Crippen LogP contribution in [0.3, 0.4) is 0 Å². The van der Waals surface area contributed by atoms with E-state index >= 15 is 0 Å². The predicted molar refractivity (Wildman–Crippen MR) is 100 cm³/mol. The van der Waals surface area contributed by atoms with Crippen molar-refractivity contribution in [3.05, 3.63) is 24.5 Å². The van der Waals surface area contributed by atoms with E-state index in [-0.39, 0.29) is 12.2 Å². The first-order chi connectivity index (χ1) is 13.3. The Balaban J connectivity index is 1.56. The van der Waals surface area contributed by atoms with Gasteiger partial charge in [-0.3, -0.25) is 20.1 Å². The van der Waals surface area contributed by atoms with Crippen LogP contribution in [0.25, 0.3) is 0 Å². The van der Waals surface area contributed by atoms with Gasteiger partial charge in [0.15, 0.2) is 12.5 Å². The highest BCUT2D eigenvalue weighted by molar-refractivity contribution is 5.94. The van der Waals surface area contributed by atoms with Gasteiger partial charge >= 0.3 is 0 Å². The first-order valence-corrected chi connectivity index (χ1v) is 9.20. The summed E-state index contributed by atoms with van der Waals surface area (Å²) in [6, 6.07) is 3.57. The summed E-state index contributed by atoms with van der Waals surface area (Å²) in [6.45, 7) is 1.23. The number of nitrogens with zero attached hydrogens (tertiary/aromatic N) is 3. The molecule has 9 nitrogen and oxygen atoms in total. The van der Waals surface area contributed by atoms with E-state index < -0.39 is 0 Å². The third kappa shape index (κ3) is 8.99. The highest BCUT2D eigenvalue weighted by Gasteiger charge is 2.15. The summed E-state index contributed by atoms with van der Waals surface area (Å²) in [5.41, 5.74) is 3.25. The zero-order valence-electron chi connectivity index (χ0n) is 15.3. The minimum atomic E-state index is -0.323. The molecule has 0 aromatic carbocycles. The summed E-state index contributed by atoms with van der Waals surface area (Å²) in [5, 5.41) is 14.3. The SMILES string of the molecule is N#CNC(=NCCCCCC(=O)NOC1CCCCO1)Nc1ccncc1. The molecule has 1 unspecified atom stereocenters. The van der Waals surface area contributed by atoms with Crippen LogP contribution in [0.15, 0.2) is 29.5 Å². The quantitative estimate of drug-likeness (QED) is 0.151. The maximum Gasteiger partial charge on any atom is 0.243 e. The number of hydrogen-bond acceptors (Lipinski definition) is 6. The molecule has 0 radical (unpaired) electrons. The van der Waals surface area contributed by atoms with E-state index in [0.29, 0.717) is 25.5 Å². The number of nitrogens with one attached hydrogen (secondary N) is 3. The van der Waals surface area contributed by atoms with Crippen molar-refractivity contribution in [3.63, 3.8) is 0 Å². The molecule has 1 aliphatic rings. The van der Waals surface area contributed by atoms with E-state index in [2.05, 4.69) is 26.1 Å². The summed E-state index contributed by atoms with van der Waals surface area (Å²) < 4.78 is 5.38. The fourth-order valence-electron chi connectivity index (χ4n) is 2.49. The van der Waals surface area contributed by atoms with Gasteiger partial charge in [0, 0.05) is 44.1 Å². The van der Waals surface area contributed by atoms with Gasteiger partial charge in [0.25, 0.3) is 0 Å². The number of guanidine groups is 1. The molecule has 1 fully saturated rings. The average Bonchev–Trinajstić information content (AvgIpc) is 2.70. The van der Waals surface area contributed by atoms with Crippen LogP contribution in [0.4, 0.5) is 5.69 Å². The van der Waals surface area contributed by atoms with Gasteiger partial charge in [0.2, 0.25) is 11.9 Å². The largest absolute Gasteiger partial charge is 0.350 e.